The standard InChI is InChI=1S/C19H19FN2O4S/c1-13-6-7-17-14(10-13)11-15(19(24)21-17)12-22(8-9-23)27(25,26)18-5-3-2-4-16(18)20/h2-7,10-11,23H,8-9,12H2,1H3,(H,21,24). The molecule has 1 aromatic heterocycles. The number of nitrogens with one attached hydrogen (secondary N) is 1. The van der Waals surface area contributed by atoms with Crippen molar-refractivity contribution in [1.29, 1.82) is 0 Å². The van der Waals surface area contributed by atoms with Gasteiger partial charge in [-0.05, 0) is 42.6 Å². The number of rotatable bonds is 6. The summed E-state index contributed by atoms with van der Waals surface area (Å²) in [7, 11) is -4.22. The van der Waals surface area contributed by atoms with Gasteiger partial charge in [-0.2, -0.15) is 4.31 Å². The van der Waals surface area contributed by atoms with E-state index in [1.54, 1.807) is 12.1 Å². The first-order chi connectivity index (χ1) is 12.8. The summed E-state index contributed by atoms with van der Waals surface area (Å²) in [5.74, 6) is -0.886. The predicted molar refractivity (Wildman–Crippen MR) is 100 cm³/mol. The highest BCUT2D eigenvalue weighted by molar-refractivity contribution is 7.89. The van der Waals surface area contributed by atoms with Crippen molar-refractivity contribution in [3.63, 3.8) is 0 Å². The van der Waals surface area contributed by atoms with Gasteiger partial charge in [-0.25, -0.2) is 12.8 Å². The first-order valence-corrected chi connectivity index (χ1v) is 9.75. The molecule has 8 heteroatoms. The van der Waals surface area contributed by atoms with Crippen LogP contribution in [0.15, 0.2) is 58.2 Å². The molecule has 142 valence electrons. The zero-order valence-corrected chi connectivity index (χ0v) is 15.5. The molecule has 0 radical (unpaired) electrons. The van der Waals surface area contributed by atoms with E-state index < -0.39 is 32.9 Å². The van der Waals surface area contributed by atoms with Gasteiger partial charge in [0.1, 0.15) is 10.7 Å². The maximum Gasteiger partial charge on any atom is 0.252 e. The molecule has 6 nitrogen and oxygen atoms in total. The Kier molecular flexibility index (Phi) is 5.41. The van der Waals surface area contributed by atoms with Crippen LogP contribution in [0.3, 0.4) is 0 Å². The smallest absolute Gasteiger partial charge is 0.252 e. The number of halogens is 1. The van der Waals surface area contributed by atoms with E-state index in [1.807, 2.05) is 19.1 Å². The van der Waals surface area contributed by atoms with Gasteiger partial charge in [0, 0.05) is 24.2 Å². The van der Waals surface area contributed by atoms with Crippen molar-refractivity contribution in [3.8, 4) is 0 Å². The van der Waals surface area contributed by atoms with Crippen LogP contribution in [0.4, 0.5) is 4.39 Å². The first kappa shape index (κ1) is 19.2. The first-order valence-electron chi connectivity index (χ1n) is 8.31. The van der Waals surface area contributed by atoms with Crippen LogP contribution in [0.5, 0.6) is 0 Å². The fourth-order valence-corrected chi connectivity index (χ4v) is 4.34. The van der Waals surface area contributed by atoms with Crippen LogP contribution in [-0.4, -0.2) is 36.0 Å². The molecule has 3 aromatic rings. The number of sulfonamides is 1. The minimum absolute atomic E-state index is 0.210. The number of aromatic amines is 1. The second kappa shape index (κ2) is 7.59. The third-order valence-electron chi connectivity index (χ3n) is 4.23. The lowest BCUT2D eigenvalue weighted by atomic mass is 10.1. The highest BCUT2D eigenvalue weighted by atomic mass is 32.2. The Bertz CT molecular complexity index is 1140. The van der Waals surface area contributed by atoms with Crippen LogP contribution >= 0.6 is 0 Å². The van der Waals surface area contributed by atoms with Crippen molar-refractivity contribution in [2.24, 2.45) is 0 Å². The average Bonchev–Trinajstić information content (AvgIpc) is 2.62. The quantitative estimate of drug-likeness (QED) is 0.675. The summed E-state index contributed by atoms with van der Waals surface area (Å²) in [5.41, 5.74) is 1.41. The molecule has 0 aliphatic carbocycles. The molecule has 0 amide bonds. The lowest BCUT2D eigenvalue weighted by Crippen LogP contribution is -2.35. The minimum atomic E-state index is -4.22. The number of aryl methyl sites for hydroxylation is 1. The van der Waals surface area contributed by atoms with Crippen molar-refractivity contribution in [1.82, 2.24) is 9.29 Å². The van der Waals surface area contributed by atoms with E-state index in [4.69, 9.17) is 0 Å². The summed E-state index contributed by atoms with van der Waals surface area (Å²) in [6.45, 7) is 0.904. The van der Waals surface area contributed by atoms with Crippen LogP contribution in [0, 0.1) is 12.7 Å². The van der Waals surface area contributed by atoms with Crippen molar-refractivity contribution >= 4 is 20.9 Å². The second-order valence-electron chi connectivity index (χ2n) is 6.21. The Morgan fingerprint density at radius 1 is 1.15 bits per heavy atom. The van der Waals surface area contributed by atoms with Crippen LogP contribution < -0.4 is 5.56 Å². The van der Waals surface area contributed by atoms with E-state index in [2.05, 4.69) is 4.98 Å². The van der Waals surface area contributed by atoms with Gasteiger partial charge in [-0.1, -0.05) is 23.8 Å². The molecule has 0 atom stereocenters. The number of benzene rings is 2. The molecule has 0 spiro atoms. The van der Waals surface area contributed by atoms with Crippen LogP contribution in [0.1, 0.15) is 11.1 Å². The van der Waals surface area contributed by atoms with Gasteiger partial charge in [0.15, 0.2) is 0 Å². The number of pyridine rings is 1. The number of nitrogens with zero attached hydrogens (tertiary/aromatic N) is 1. The summed E-state index contributed by atoms with van der Waals surface area (Å²) in [4.78, 5) is 14.6. The van der Waals surface area contributed by atoms with Crippen LogP contribution in [0.25, 0.3) is 10.9 Å². The summed E-state index contributed by atoms with van der Waals surface area (Å²) >= 11 is 0. The summed E-state index contributed by atoms with van der Waals surface area (Å²) in [5, 5.41) is 10.0. The van der Waals surface area contributed by atoms with E-state index in [-0.39, 0.29) is 18.7 Å². The molecule has 3 rings (SSSR count). The lowest BCUT2D eigenvalue weighted by molar-refractivity contribution is 0.250. The van der Waals surface area contributed by atoms with Gasteiger partial charge in [0.25, 0.3) is 5.56 Å². The Balaban J connectivity index is 2.04. The van der Waals surface area contributed by atoms with Gasteiger partial charge in [-0.3, -0.25) is 4.79 Å². The lowest BCUT2D eigenvalue weighted by Gasteiger charge is -2.21. The van der Waals surface area contributed by atoms with E-state index in [0.717, 1.165) is 27.4 Å². The van der Waals surface area contributed by atoms with Gasteiger partial charge in [0.05, 0.1) is 6.61 Å². The molecular formula is C19H19FN2O4S. The number of aliphatic hydroxyl groups is 1. The van der Waals surface area contributed by atoms with E-state index in [1.165, 1.54) is 12.1 Å². The van der Waals surface area contributed by atoms with E-state index in [0.29, 0.717) is 5.52 Å². The minimum Gasteiger partial charge on any atom is -0.395 e. The molecule has 0 saturated heterocycles. The molecule has 1 heterocycles. The molecule has 0 saturated carbocycles. The molecule has 0 aliphatic rings. The van der Waals surface area contributed by atoms with Gasteiger partial charge < -0.3 is 10.1 Å². The van der Waals surface area contributed by atoms with E-state index in [9.17, 15) is 22.7 Å². The number of H-pyrrole nitrogens is 1. The van der Waals surface area contributed by atoms with Crippen molar-refractivity contribution < 1.29 is 17.9 Å². The molecule has 0 unspecified atom stereocenters. The monoisotopic (exact) mass is 390 g/mol. The maximum atomic E-state index is 14.0. The Labute approximate surface area is 155 Å². The van der Waals surface area contributed by atoms with Crippen molar-refractivity contribution in [2.45, 2.75) is 18.4 Å². The fourth-order valence-electron chi connectivity index (χ4n) is 2.87. The zero-order valence-electron chi connectivity index (χ0n) is 14.6. The molecule has 0 aliphatic heterocycles. The number of hydrogen-bond acceptors (Lipinski definition) is 4. The van der Waals surface area contributed by atoms with Gasteiger partial charge in [0.2, 0.25) is 10.0 Å². The van der Waals surface area contributed by atoms with Crippen molar-refractivity contribution in [3.05, 3.63) is 75.8 Å². The SMILES string of the molecule is Cc1ccc2[nH]c(=O)c(CN(CCO)S(=O)(=O)c3ccccc3F)cc2c1. The highest BCUT2D eigenvalue weighted by Crippen LogP contribution is 2.21. The largest absolute Gasteiger partial charge is 0.395 e. The van der Waals surface area contributed by atoms with E-state index >= 15 is 0 Å². The number of fused-ring (bicyclic) bond motifs is 1. The van der Waals surface area contributed by atoms with Gasteiger partial charge in [-0.15, -0.1) is 0 Å². The topological polar surface area (TPSA) is 90.5 Å². The van der Waals surface area contributed by atoms with Crippen LogP contribution in [0.2, 0.25) is 0 Å². The third kappa shape index (κ3) is 3.92. The molecule has 0 fully saturated rings. The molecule has 2 aromatic carbocycles. The van der Waals surface area contributed by atoms with Crippen molar-refractivity contribution in [2.75, 3.05) is 13.2 Å². The summed E-state index contributed by atoms with van der Waals surface area (Å²) < 4.78 is 40.6. The Morgan fingerprint density at radius 3 is 2.59 bits per heavy atom. The molecule has 0 bridgehead atoms. The summed E-state index contributed by atoms with van der Waals surface area (Å²) in [6.07, 6.45) is 0. The Morgan fingerprint density at radius 2 is 1.89 bits per heavy atom. The predicted octanol–water partition coefficient (Wildman–Crippen LogP) is 2.16. The highest BCUT2D eigenvalue weighted by Gasteiger charge is 2.27. The number of hydrogen-bond donors (Lipinski definition) is 2. The number of aliphatic hydroxyl groups excluding tert-OH is 1. The molecular weight excluding hydrogens is 371 g/mol. The van der Waals surface area contributed by atoms with Gasteiger partial charge >= 0.3 is 0 Å². The fraction of sp³-hybridized carbons (Fsp3) is 0.211. The molecule has 2 N–H and O–H groups in total. The zero-order chi connectivity index (χ0) is 19.6. The average molecular weight is 390 g/mol. The third-order valence-corrected chi connectivity index (χ3v) is 6.11. The second-order valence-corrected chi connectivity index (χ2v) is 8.11. The summed E-state index contributed by atoms with van der Waals surface area (Å²) in [6, 6.07) is 12.1. The molecule has 27 heavy (non-hydrogen) atoms. The Hall–Kier alpha value is -2.55. The maximum absolute atomic E-state index is 14.0. The number of aromatic nitrogens is 1. The normalized spacial score (nSPS) is 12.0. The van der Waals surface area contributed by atoms with Crippen LogP contribution in [-0.2, 0) is 16.6 Å².